The SMILES string of the molecule is Cc1cc(Nc2cc3ncccc3c(NC3C[C@H]4CCC[C@@H](C3)N4C3CCOC3=O)n2)n[nH]1. The number of aromatic amines is 1. The Hall–Kier alpha value is -3.20. The third kappa shape index (κ3) is 3.90. The zero-order valence-corrected chi connectivity index (χ0v) is 18.8. The fourth-order valence-corrected chi connectivity index (χ4v) is 5.86. The van der Waals surface area contributed by atoms with E-state index < -0.39 is 0 Å². The highest BCUT2D eigenvalue weighted by molar-refractivity contribution is 5.91. The van der Waals surface area contributed by atoms with E-state index in [0.717, 1.165) is 60.3 Å². The van der Waals surface area contributed by atoms with Crippen molar-refractivity contribution in [3.63, 3.8) is 0 Å². The predicted molar refractivity (Wildman–Crippen MR) is 125 cm³/mol. The lowest BCUT2D eigenvalue weighted by molar-refractivity contribution is -0.145. The third-order valence-electron chi connectivity index (χ3n) is 7.20. The summed E-state index contributed by atoms with van der Waals surface area (Å²) in [5.41, 5.74) is 1.87. The number of anilines is 3. The van der Waals surface area contributed by atoms with Crippen LogP contribution in [0.25, 0.3) is 10.9 Å². The summed E-state index contributed by atoms with van der Waals surface area (Å²) in [4.78, 5) is 24.2. The van der Waals surface area contributed by atoms with E-state index in [2.05, 4.69) is 36.8 Å². The fourth-order valence-electron chi connectivity index (χ4n) is 5.86. The molecule has 6 rings (SSSR count). The minimum Gasteiger partial charge on any atom is -0.464 e. The van der Waals surface area contributed by atoms with Crippen molar-refractivity contribution in [2.75, 3.05) is 17.2 Å². The third-order valence-corrected chi connectivity index (χ3v) is 7.20. The molecular weight excluding hydrogens is 418 g/mol. The van der Waals surface area contributed by atoms with Gasteiger partial charge in [-0.1, -0.05) is 6.42 Å². The minimum absolute atomic E-state index is 0.0376. The van der Waals surface area contributed by atoms with E-state index in [9.17, 15) is 4.79 Å². The summed E-state index contributed by atoms with van der Waals surface area (Å²) in [5, 5.41) is 15.3. The van der Waals surface area contributed by atoms with E-state index in [1.807, 2.05) is 25.1 Å². The van der Waals surface area contributed by atoms with Crippen LogP contribution >= 0.6 is 0 Å². The van der Waals surface area contributed by atoms with Crippen molar-refractivity contribution in [2.45, 2.75) is 69.6 Å². The Balaban J connectivity index is 1.26. The van der Waals surface area contributed by atoms with E-state index in [0.29, 0.717) is 30.6 Å². The molecule has 2 bridgehead atoms. The highest BCUT2D eigenvalue weighted by Crippen LogP contribution is 2.39. The van der Waals surface area contributed by atoms with Gasteiger partial charge in [0, 0.05) is 54.0 Å². The number of H-pyrrole nitrogens is 1. The van der Waals surface area contributed by atoms with Gasteiger partial charge < -0.3 is 15.4 Å². The number of rotatable bonds is 5. The molecule has 3 aliphatic rings. The normalized spacial score (nSPS) is 27.5. The lowest BCUT2D eigenvalue weighted by Gasteiger charge is -2.50. The molecule has 6 heterocycles. The van der Waals surface area contributed by atoms with Crippen LogP contribution in [0.2, 0.25) is 0 Å². The molecule has 3 N–H and O–H groups in total. The van der Waals surface area contributed by atoms with Crippen LogP contribution in [0.1, 0.15) is 44.2 Å². The second-order valence-corrected chi connectivity index (χ2v) is 9.46. The van der Waals surface area contributed by atoms with Gasteiger partial charge in [-0.25, -0.2) is 4.98 Å². The number of cyclic esters (lactones) is 1. The van der Waals surface area contributed by atoms with E-state index in [1.165, 1.54) is 6.42 Å². The number of piperidine rings is 2. The van der Waals surface area contributed by atoms with Gasteiger partial charge in [-0.05, 0) is 44.7 Å². The zero-order valence-electron chi connectivity index (χ0n) is 18.8. The average molecular weight is 448 g/mol. The van der Waals surface area contributed by atoms with Crippen LogP contribution in [0.5, 0.6) is 0 Å². The van der Waals surface area contributed by atoms with Crippen molar-refractivity contribution < 1.29 is 9.53 Å². The second-order valence-electron chi connectivity index (χ2n) is 9.46. The van der Waals surface area contributed by atoms with E-state index in [-0.39, 0.29) is 12.0 Å². The summed E-state index contributed by atoms with van der Waals surface area (Å²) in [5.74, 6) is 2.24. The molecular formula is C24H29N7O2. The molecule has 9 nitrogen and oxygen atoms in total. The fraction of sp³-hybridized carbons (Fsp3) is 0.500. The van der Waals surface area contributed by atoms with Gasteiger partial charge >= 0.3 is 5.97 Å². The molecule has 172 valence electrons. The van der Waals surface area contributed by atoms with Crippen molar-refractivity contribution in [3.05, 3.63) is 36.2 Å². The average Bonchev–Trinajstić information content (AvgIpc) is 3.40. The summed E-state index contributed by atoms with van der Waals surface area (Å²) >= 11 is 0. The van der Waals surface area contributed by atoms with E-state index in [4.69, 9.17) is 9.72 Å². The molecule has 0 amide bonds. The molecule has 3 aromatic heterocycles. The van der Waals surface area contributed by atoms with Crippen molar-refractivity contribution in [3.8, 4) is 0 Å². The monoisotopic (exact) mass is 447 g/mol. The maximum Gasteiger partial charge on any atom is 0.323 e. The molecule has 33 heavy (non-hydrogen) atoms. The molecule has 3 aliphatic heterocycles. The first-order valence-corrected chi connectivity index (χ1v) is 11.9. The maximum absolute atomic E-state index is 12.3. The van der Waals surface area contributed by atoms with Gasteiger partial charge in [-0.15, -0.1) is 0 Å². The number of nitrogens with one attached hydrogen (secondary N) is 3. The predicted octanol–water partition coefficient (Wildman–Crippen LogP) is 3.52. The van der Waals surface area contributed by atoms with Crippen molar-refractivity contribution in [2.24, 2.45) is 0 Å². The first-order valence-electron chi connectivity index (χ1n) is 11.9. The van der Waals surface area contributed by atoms with Crippen molar-refractivity contribution in [1.29, 1.82) is 0 Å². The van der Waals surface area contributed by atoms with Gasteiger partial charge in [-0.2, -0.15) is 5.10 Å². The largest absolute Gasteiger partial charge is 0.464 e. The number of hydrogen-bond acceptors (Lipinski definition) is 8. The highest BCUT2D eigenvalue weighted by atomic mass is 16.5. The summed E-state index contributed by atoms with van der Waals surface area (Å²) in [6.07, 6.45) is 8.12. The van der Waals surface area contributed by atoms with E-state index >= 15 is 0 Å². The Morgan fingerprint density at radius 1 is 1.15 bits per heavy atom. The number of hydrogen-bond donors (Lipinski definition) is 3. The minimum atomic E-state index is -0.0609. The number of carbonyl (C=O) groups is 1. The van der Waals surface area contributed by atoms with Gasteiger partial charge in [-0.3, -0.25) is 19.8 Å². The summed E-state index contributed by atoms with van der Waals surface area (Å²) < 4.78 is 5.29. The smallest absolute Gasteiger partial charge is 0.323 e. The Morgan fingerprint density at radius 3 is 2.73 bits per heavy atom. The summed E-state index contributed by atoms with van der Waals surface area (Å²) in [7, 11) is 0. The Labute approximate surface area is 192 Å². The molecule has 3 saturated heterocycles. The number of nitrogens with zero attached hydrogens (tertiary/aromatic N) is 4. The van der Waals surface area contributed by atoms with Crippen molar-refractivity contribution >= 4 is 34.3 Å². The summed E-state index contributed by atoms with van der Waals surface area (Å²) in [6, 6.07) is 8.96. The number of esters is 1. The van der Waals surface area contributed by atoms with Crippen LogP contribution < -0.4 is 10.6 Å². The molecule has 2 unspecified atom stereocenters. The first-order chi connectivity index (χ1) is 16.1. The van der Waals surface area contributed by atoms with Crippen molar-refractivity contribution in [1.82, 2.24) is 25.1 Å². The van der Waals surface area contributed by atoms with Gasteiger partial charge in [0.25, 0.3) is 0 Å². The molecule has 3 aromatic rings. The quantitative estimate of drug-likeness (QED) is 0.510. The molecule has 4 atom stereocenters. The number of carbonyl (C=O) groups excluding carboxylic acids is 1. The Morgan fingerprint density at radius 2 is 2.00 bits per heavy atom. The van der Waals surface area contributed by atoms with E-state index in [1.54, 1.807) is 6.20 Å². The van der Waals surface area contributed by atoms with Gasteiger partial charge in [0.15, 0.2) is 5.82 Å². The van der Waals surface area contributed by atoms with Gasteiger partial charge in [0.2, 0.25) is 0 Å². The molecule has 0 aromatic carbocycles. The zero-order chi connectivity index (χ0) is 22.4. The Kier molecular flexibility index (Phi) is 5.13. The van der Waals surface area contributed by atoms with Gasteiger partial charge in [0.05, 0.1) is 12.1 Å². The standard InChI is InChI=1S/C24H29N7O2/c1-14-10-22(30-29-14)27-21-13-19-18(6-3-8-25-19)23(28-21)26-15-11-16-4-2-5-17(12-15)31(16)20-7-9-33-24(20)32/h3,6,8,10,13,15-17,20H,2,4-5,7,9,11-12H2,1H3,(H3,26,27,28,29,30)/t15?,16-,17+,20?. The lowest BCUT2D eigenvalue weighted by atomic mass is 9.80. The molecule has 9 heteroatoms. The molecule has 0 spiro atoms. The number of aryl methyl sites for hydroxylation is 1. The number of ether oxygens (including phenoxy) is 1. The molecule has 0 radical (unpaired) electrons. The first kappa shape index (κ1) is 20.4. The van der Waals surface area contributed by atoms with Crippen LogP contribution in [0.15, 0.2) is 30.5 Å². The second kappa shape index (κ2) is 8.30. The van der Waals surface area contributed by atoms with Crippen LogP contribution in [0.3, 0.4) is 0 Å². The van der Waals surface area contributed by atoms with Crippen LogP contribution in [0, 0.1) is 6.92 Å². The molecule has 0 aliphatic carbocycles. The number of pyridine rings is 2. The van der Waals surface area contributed by atoms with Crippen LogP contribution in [-0.4, -0.2) is 61.8 Å². The topological polar surface area (TPSA) is 108 Å². The molecule has 0 saturated carbocycles. The number of aromatic nitrogens is 4. The lowest BCUT2D eigenvalue weighted by Crippen LogP contribution is -2.59. The summed E-state index contributed by atoms with van der Waals surface area (Å²) in [6.45, 7) is 2.52. The molecule has 3 fully saturated rings. The highest BCUT2D eigenvalue weighted by Gasteiger charge is 2.46. The van der Waals surface area contributed by atoms with Crippen LogP contribution in [-0.2, 0) is 9.53 Å². The Bertz CT molecular complexity index is 1160. The van der Waals surface area contributed by atoms with Crippen LogP contribution in [0.4, 0.5) is 17.5 Å². The number of fused-ring (bicyclic) bond motifs is 3. The van der Waals surface area contributed by atoms with Gasteiger partial charge in [0.1, 0.15) is 17.7 Å². The maximum atomic E-state index is 12.3.